The SMILES string of the molecule is CN(Cc1ccc(F)cc1)C(=O)c1cncc(Br)c1. The van der Waals surface area contributed by atoms with E-state index in [1.807, 2.05) is 0 Å². The van der Waals surface area contributed by atoms with E-state index in [0.717, 1.165) is 10.0 Å². The zero-order valence-electron chi connectivity index (χ0n) is 10.3. The van der Waals surface area contributed by atoms with E-state index < -0.39 is 0 Å². The number of rotatable bonds is 3. The van der Waals surface area contributed by atoms with Crippen LogP contribution in [0.15, 0.2) is 47.2 Å². The summed E-state index contributed by atoms with van der Waals surface area (Å²) in [7, 11) is 1.70. The van der Waals surface area contributed by atoms with Gasteiger partial charge in [-0.3, -0.25) is 9.78 Å². The van der Waals surface area contributed by atoms with Crippen LogP contribution in [0.5, 0.6) is 0 Å². The number of carbonyl (C=O) groups excluding carboxylic acids is 1. The minimum Gasteiger partial charge on any atom is -0.337 e. The lowest BCUT2D eigenvalue weighted by Crippen LogP contribution is -2.26. The van der Waals surface area contributed by atoms with Crippen LogP contribution in [0.25, 0.3) is 0 Å². The number of carbonyl (C=O) groups is 1. The third-order valence-electron chi connectivity index (χ3n) is 2.63. The van der Waals surface area contributed by atoms with Crippen molar-refractivity contribution in [1.29, 1.82) is 0 Å². The molecule has 0 N–H and O–H groups in total. The predicted octanol–water partition coefficient (Wildman–Crippen LogP) is 3.26. The third-order valence-corrected chi connectivity index (χ3v) is 3.07. The van der Waals surface area contributed by atoms with Gasteiger partial charge in [-0.25, -0.2) is 4.39 Å². The molecule has 0 atom stereocenters. The van der Waals surface area contributed by atoms with E-state index in [2.05, 4.69) is 20.9 Å². The highest BCUT2D eigenvalue weighted by atomic mass is 79.9. The van der Waals surface area contributed by atoms with E-state index in [1.165, 1.54) is 18.3 Å². The normalized spacial score (nSPS) is 10.3. The molecule has 0 aliphatic rings. The third kappa shape index (κ3) is 3.61. The molecule has 5 heteroatoms. The molecule has 0 aliphatic carbocycles. The lowest BCUT2D eigenvalue weighted by molar-refractivity contribution is 0.0784. The van der Waals surface area contributed by atoms with Crippen LogP contribution in [-0.2, 0) is 6.54 Å². The molecule has 1 heterocycles. The first-order valence-corrected chi connectivity index (χ1v) is 6.46. The Morgan fingerprint density at radius 2 is 2.00 bits per heavy atom. The largest absolute Gasteiger partial charge is 0.337 e. The summed E-state index contributed by atoms with van der Waals surface area (Å²) in [6.45, 7) is 0.422. The van der Waals surface area contributed by atoms with E-state index in [9.17, 15) is 9.18 Å². The first-order valence-electron chi connectivity index (χ1n) is 5.67. The second kappa shape index (κ2) is 5.93. The quantitative estimate of drug-likeness (QED) is 0.869. The van der Waals surface area contributed by atoms with Crippen molar-refractivity contribution in [1.82, 2.24) is 9.88 Å². The molecule has 0 saturated heterocycles. The van der Waals surface area contributed by atoms with Gasteiger partial charge in [0.15, 0.2) is 0 Å². The van der Waals surface area contributed by atoms with Crippen LogP contribution in [0.3, 0.4) is 0 Å². The van der Waals surface area contributed by atoms with Gasteiger partial charge in [-0.05, 0) is 39.7 Å². The van der Waals surface area contributed by atoms with Gasteiger partial charge >= 0.3 is 0 Å². The van der Waals surface area contributed by atoms with Crippen LogP contribution in [0.2, 0.25) is 0 Å². The molecule has 0 unspecified atom stereocenters. The maximum atomic E-state index is 12.8. The minimum absolute atomic E-state index is 0.127. The van der Waals surface area contributed by atoms with Crippen molar-refractivity contribution in [3.63, 3.8) is 0 Å². The van der Waals surface area contributed by atoms with Crippen LogP contribution in [0, 0.1) is 5.82 Å². The Hall–Kier alpha value is -1.75. The average molecular weight is 323 g/mol. The van der Waals surface area contributed by atoms with Gasteiger partial charge in [0.25, 0.3) is 5.91 Å². The van der Waals surface area contributed by atoms with E-state index >= 15 is 0 Å². The monoisotopic (exact) mass is 322 g/mol. The molecule has 0 radical (unpaired) electrons. The highest BCUT2D eigenvalue weighted by molar-refractivity contribution is 9.10. The molecule has 1 amide bonds. The number of aromatic nitrogens is 1. The van der Waals surface area contributed by atoms with E-state index in [0.29, 0.717) is 12.1 Å². The first kappa shape index (κ1) is 13.7. The number of pyridine rings is 1. The fraction of sp³-hybridized carbons (Fsp3) is 0.143. The summed E-state index contributed by atoms with van der Waals surface area (Å²) >= 11 is 3.28. The fourth-order valence-corrected chi connectivity index (χ4v) is 2.05. The van der Waals surface area contributed by atoms with Crippen molar-refractivity contribution in [2.24, 2.45) is 0 Å². The number of amides is 1. The molecule has 0 saturated carbocycles. The number of benzene rings is 1. The molecule has 2 aromatic rings. The summed E-state index contributed by atoms with van der Waals surface area (Å²) in [4.78, 5) is 17.7. The van der Waals surface area contributed by atoms with Crippen molar-refractivity contribution in [3.8, 4) is 0 Å². The number of hydrogen-bond acceptors (Lipinski definition) is 2. The average Bonchev–Trinajstić information content (AvgIpc) is 2.40. The minimum atomic E-state index is -0.283. The van der Waals surface area contributed by atoms with Gasteiger partial charge in [0.05, 0.1) is 5.56 Å². The van der Waals surface area contributed by atoms with Gasteiger partial charge in [0, 0.05) is 30.5 Å². The van der Waals surface area contributed by atoms with E-state index in [1.54, 1.807) is 36.3 Å². The van der Waals surface area contributed by atoms with Gasteiger partial charge in [-0.2, -0.15) is 0 Å². The second-order valence-corrected chi connectivity index (χ2v) is 5.10. The molecular weight excluding hydrogens is 311 g/mol. The second-order valence-electron chi connectivity index (χ2n) is 4.18. The molecule has 19 heavy (non-hydrogen) atoms. The van der Waals surface area contributed by atoms with Crippen LogP contribution in [0.4, 0.5) is 4.39 Å². The molecule has 0 aliphatic heterocycles. The Bertz CT molecular complexity index is 586. The van der Waals surface area contributed by atoms with Crippen molar-refractivity contribution >= 4 is 21.8 Å². The Labute approximate surface area is 119 Å². The standard InChI is InChI=1S/C14H12BrFN2O/c1-18(9-10-2-4-13(16)5-3-10)14(19)11-6-12(15)8-17-7-11/h2-8H,9H2,1H3. The maximum Gasteiger partial charge on any atom is 0.255 e. The van der Waals surface area contributed by atoms with Crippen molar-refractivity contribution in [2.75, 3.05) is 7.05 Å². The lowest BCUT2D eigenvalue weighted by atomic mass is 10.2. The highest BCUT2D eigenvalue weighted by Crippen LogP contribution is 2.13. The van der Waals surface area contributed by atoms with Crippen LogP contribution in [0.1, 0.15) is 15.9 Å². The van der Waals surface area contributed by atoms with Crippen molar-refractivity contribution < 1.29 is 9.18 Å². The fourth-order valence-electron chi connectivity index (χ4n) is 1.68. The van der Waals surface area contributed by atoms with Gasteiger partial charge in [-0.1, -0.05) is 12.1 Å². The maximum absolute atomic E-state index is 12.8. The van der Waals surface area contributed by atoms with Crippen molar-refractivity contribution in [3.05, 3.63) is 64.1 Å². The summed E-state index contributed by atoms with van der Waals surface area (Å²) < 4.78 is 13.6. The zero-order chi connectivity index (χ0) is 13.8. The Balaban J connectivity index is 2.09. The van der Waals surface area contributed by atoms with Gasteiger partial charge in [-0.15, -0.1) is 0 Å². The van der Waals surface area contributed by atoms with Crippen LogP contribution < -0.4 is 0 Å². The van der Waals surface area contributed by atoms with Crippen LogP contribution in [-0.4, -0.2) is 22.8 Å². The van der Waals surface area contributed by atoms with Crippen molar-refractivity contribution in [2.45, 2.75) is 6.54 Å². The van der Waals surface area contributed by atoms with Gasteiger partial charge in [0.1, 0.15) is 5.82 Å². The van der Waals surface area contributed by atoms with E-state index in [4.69, 9.17) is 0 Å². The molecule has 0 fully saturated rings. The summed E-state index contributed by atoms with van der Waals surface area (Å²) in [5, 5.41) is 0. The number of hydrogen-bond donors (Lipinski definition) is 0. The zero-order valence-corrected chi connectivity index (χ0v) is 11.9. The molecule has 1 aromatic heterocycles. The molecule has 98 valence electrons. The summed E-state index contributed by atoms with van der Waals surface area (Å²) in [6, 6.07) is 7.82. The Kier molecular flexibility index (Phi) is 4.27. The lowest BCUT2D eigenvalue weighted by Gasteiger charge is -2.17. The Morgan fingerprint density at radius 1 is 1.32 bits per heavy atom. The summed E-state index contributed by atoms with van der Waals surface area (Å²) in [5.74, 6) is -0.410. The van der Waals surface area contributed by atoms with Gasteiger partial charge in [0.2, 0.25) is 0 Å². The molecule has 1 aromatic carbocycles. The molecule has 3 nitrogen and oxygen atoms in total. The molecule has 0 bridgehead atoms. The topological polar surface area (TPSA) is 33.2 Å². The number of nitrogens with zero attached hydrogens (tertiary/aromatic N) is 2. The Morgan fingerprint density at radius 3 is 2.63 bits per heavy atom. The van der Waals surface area contributed by atoms with Crippen LogP contribution >= 0.6 is 15.9 Å². The van der Waals surface area contributed by atoms with Gasteiger partial charge < -0.3 is 4.90 Å². The molecule has 2 rings (SSSR count). The summed E-state index contributed by atoms with van der Waals surface area (Å²) in [6.07, 6.45) is 3.14. The first-order chi connectivity index (χ1) is 9.06. The predicted molar refractivity (Wildman–Crippen MR) is 74.1 cm³/mol. The smallest absolute Gasteiger partial charge is 0.255 e. The van der Waals surface area contributed by atoms with E-state index in [-0.39, 0.29) is 11.7 Å². The summed E-state index contributed by atoms with van der Waals surface area (Å²) in [5.41, 5.74) is 1.39. The highest BCUT2D eigenvalue weighted by Gasteiger charge is 2.12. The number of halogens is 2. The molecule has 0 spiro atoms. The molecular formula is C14H12BrFN2O.